The molecule has 0 aliphatic rings. The molecule has 6 heteroatoms. The van der Waals surface area contributed by atoms with Gasteiger partial charge in [0.15, 0.2) is 0 Å². The quantitative estimate of drug-likeness (QED) is 0.734. The van der Waals surface area contributed by atoms with Gasteiger partial charge in [0.25, 0.3) is 0 Å². The molecule has 0 aliphatic heterocycles. The third-order valence-corrected chi connectivity index (χ3v) is 2.90. The first-order valence-corrected chi connectivity index (χ1v) is 6.23. The van der Waals surface area contributed by atoms with Gasteiger partial charge in [-0.1, -0.05) is 20.3 Å². The molecule has 1 atom stereocenters. The van der Waals surface area contributed by atoms with E-state index in [4.69, 9.17) is 0 Å². The third kappa shape index (κ3) is 4.22. The van der Waals surface area contributed by atoms with Gasteiger partial charge in [-0.3, -0.25) is 0 Å². The summed E-state index contributed by atoms with van der Waals surface area (Å²) in [7, 11) is 0. The van der Waals surface area contributed by atoms with Crippen molar-refractivity contribution in [3.8, 4) is 0 Å². The number of benzene rings is 1. The Hall–Kier alpha value is -1.59. The molecule has 1 rings (SSSR count). The number of halogens is 3. The van der Waals surface area contributed by atoms with Gasteiger partial charge in [0, 0.05) is 11.7 Å². The van der Waals surface area contributed by atoms with E-state index in [2.05, 4.69) is 10.5 Å². The van der Waals surface area contributed by atoms with Crippen LogP contribution in [0.1, 0.15) is 38.7 Å². The van der Waals surface area contributed by atoms with Crippen molar-refractivity contribution in [3.63, 3.8) is 0 Å². The summed E-state index contributed by atoms with van der Waals surface area (Å²) in [4.78, 5) is 10.4. The van der Waals surface area contributed by atoms with Crippen molar-refractivity contribution in [2.45, 2.75) is 45.3 Å². The molecule has 3 nitrogen and oxygen atoms in total. The lowest BCUT2D eigenvalue weighted by atomic mass is 10.1. The van der Waals surface area contributed by atoms with Crippen LogP contribution in [0.4, 0.5) is 24.5 Å². The highest BCUT2D eigenvalue weighted by molar-refractivity contribution is 5.58. The summed E-state index contributed by atoms with van der Waals surface area (Å²) in [6, 6.07) is 3.61. The van der Waals surface area contributed by atoms with Gasteiger partial charge in [-0.05, 0) is 36.2 Å². The molecule has 1 N–H and O–H groups in total. The lowest BCUT2D eigenvalue weighted by molar-refractivity contribution is -0.137. The standard InChI is InChI=1S/C13H17F3N2O/c1-3-5-9(4-2)17-10-6-7-12(18-19)11(8-10)13(14,15)16/h6-9,17H,3-5H2,1-2H3. The Morgan fingerprint density at radius 2 is 2.00 bits per heavy atom. The molecule has 0 aromatic heterocycles. The fourth-order valence-electron chi connectivity index (χ4n) is 1.90. The minimum Gasteiger partial charge on any atom is -0.382 e. The number of hydrogen-bond donors (Lipinski definition) is 1. The zero-order valence-electron chi connectivity index (χ0n) is 10.9. The molecule has 0 saturated heterocycles. The van der Waals surface area contributed by atoms with Crippen LogP contribution >= 0.6 is 0 Å². The maximum Gasteiger partial charge on any atom is 0.418 e. The number of nitroso groups, excluding NO2 is 1. The third-order valence-electron chi connectivity index (χ3n) is 2.90. The zero-order chi connectivity index (χ0) is 14.5. The Labute approximate surface area is 110 Å². The first-order chi connectivity index (χ1) is 8.92. The highest BCUT2D eigenvalue weighted by Crippen LogP contribution is 2.38. The number of hydrogen-bond acceptors (Lipinski definition) is 3. The molecule has 0 amide bonds. The Balaban J connectivity index is 3.01. The zero-order valence-corrected chi connectivity index (χ0v) is 10.9. The van der Waals surface area contributed by atoms with E-state index in [1.54, 1.807) is 0 Å². The Bertz CT molecular complexity index is 432. The van der Waals surface area contributed by atoms with Crippen molar-refractivity contribution in [1.29, 1.82) is 0 Å². The van der Waals surface area contributed by atoms with E-state index >= 15 is 0 Å². The summed E-state index contributed by atoms with van der Waals surface area (Å²) in [5.74, 6) is 0. The molecule has 1 aromatic carbocycles. The van der Waals surface area contributed by atoms with Crippen LogP contribution in [0.15, 0.2) is 23.4 Å². The highest BCUT2D eigenvalue weighted by atomic mass is 19.4. The number of anilines is 1. The van der Waals surface area contributed by atoms with Crippen molar-refractivity contribution in [2.24, 2.45) is 5.18 Å². The lowest BCUT2D eigenvalue weighted by Crippen LogP contribution is -2.18. The van der Waals surface area contributed by atoms with Gasteiger partial charge in [0.2, 0.25) is 0 Å². The molecule has 0 aliphatic carbocycles. The number of rotatable bonds is 6. The van der Waals surface area contributed by atoms with Crippen molar-refractivity contribution >= 4 is 11.4 Å². The second-order valence-electron chi connectivity index (χ2n) is 4.36. The van der Waals surface area contributed by atoms with Gasteiger partial charge in [-0.25, -0.2) is 0 Å². The van der Waals surface area contributed by atoms with Crippen LogP contribution in [-0.2, 0) is 6.18 Å². The molecular weight excluding hydrogens is 257 g/mol. The Kier molecular flexibility index (Phi) is 5.32. The topological polar surface area (TPSA) is 41.5 Å². The summed E-state index contributed by atoms with van der Waals surface area (Å²) in [5, 5.41) is 5.47. The fraction of sp³-hybridized carbons (Fsp3) is 0.538. The van der Waals surface area contributed by atoms with Crippen LogP contribution in [0, 0.1) is 4.91 Å². The monoisotopic (exact) mass is 274 g/mol. The maximum absolute atomic E-state index is 12.8. The summed E-state index contributed by atoms with van der Waals surface area (Å²) < 4.78 is 38.3. The van der Waals surface area contributed by atoms with Gasteiger partial charge in [-0.2, -0.15) is 13.2 Å². The number of alkyl halides is 3. The average Bonchev–Trinajstić information content (AvgIpc) is 2.37. The van der Waals surface area contributed by atoms with Crippen LogP contribution < -0.4 is 5.32 Å². The van der Waals surface area contributed by atoms with Gasteiger partial charge >= 0.3 is 6.18 Å². The van der Waals surface area contributed by atoms with Crippen molar-refractivity contribution in [3.05, 3.63) is 28.7 Å². The second kappa shape index (κ2) is 6.54. The van der Waals surface area contributed by atoms with Crippen molar-refractivity contribution < 1.29 is 13.2 Å². The van der Waals surface area contributed by atoms with E-state index < -0.39 is 17.4 Å². The molecule has 1 unspecified atom stereocenters. The summed E-state index contributed by atoms with van der Waals surface area (Å²) in [5.41, 5.74) is -1.22. The summed E-state index contributed by atoms with van der Waals surface area (Å²) >= 11 is 0. The molecule has 19 heavy (non-hydrogen) atoms. The van der Waals surface area contributed by atoms with Crippen LogP contribution in [0.3, 0.4) is 0 Å². The first-order valence-electron chi connectivity index (χ1n) is 6.23. The van der Waals surface area contributed by atoms with E-state index in [1.165, 1.54) is 6.07 Å². The van der Waals surface area contributed by atoms with E-state index in [1.807, 2.05) is 13.8 Å². The summed E-state index contributed by atoms with van der Waals surface area (Å²) in [6.45, 7) is 3.99. The summed E-state index contributed by atoms with van der Waals surface area (Å²) in [6.07, 6.45) is -1.92. The number of nitrogens with zero attached hydrogens (tertiary/aromatic N) is 1. The van der Waals surface area contributed by atoms with E-state index in [-0.39, 0.29) is 6.04 Å². The molecule has 0 bridgehead atoms. The molecule has 0 heterocycles. The SMILES string of the molecule is CCCC(CC)Nc1ccc(N=O)c(C(F)(F)F)c1. The highest BCUT2D eigenvalue weighted by Gasteiger charge is 2.34. The number of nitrogens with one attached hydrogen (secondary N) is 1. The maximum atomic E-state index is 12.8. The molecule has 0 spiro atoms. The van der Waals surface area contributed by atoms with E-state index in [0.29, 0.717) is 5.69 Å². The van der Waals surface area contributed by atoms with E-state index in [0.717, 1.165) is 31.4 Å². The molecule has 0 fully saturated rings. The van der Waals surface area contributed by atoms with Crippen LogP contribution in [0.5, 0.6) is 0 Å². The molecule has 106 valence electrons. The van der Waals surface area contributed by atoms with Gasteiger partial charge in [-0.15, -0.1) is 4.91 Å². The minimum absolute atomic E-state index is 0.126. The Morgan fingerprint density at radius 3 is 2.47 bits per heavy atom. The lowest BCUT2D eigenvalue weighted by Gasteiger charge is -2.19. The molecular formula is C13H17F3N2O. The van der Waals surface area contributed by atoms with Crippen molar-refractivity contribution in [2.75, 3.05) is 5.32 Å². The molecule has 0 saturated carbocycles. The van der Waals surface area contributed by atoms with Crippen LogP contribution in [0.2, 0.25) is 0 Å². The van der Waals surface area contributed by atoms with Gasteiger partial charge < -0.3 is 5.32 Å². The second-order valence-corrected chi connectivity index (χ2v) is 4.36. The predicted octanol–water partition coefficient (Wildman–Crippen LogP) is 5.09. The van der Waals surface area contributed by atoms with Crippen LogP contribution in [-0.4, -0.2) is 6.04 Å². The fourth-order valence-corrected chi connectivity index (χ4v) is 1.90. The molecule has 0 radical (unpaired) electrons. The molecule has 1 aromatic rings. The Morgan fingerprint density at radius 1 is 1.32 bits per heavy atom. The normalized spacial score (nSPS) is 13.1. The predicted molar refractivity (Wildman–Crippen MR) is 69.5 cm³/mol. The van der Waals surface area contributed by atoms with Gasteiger partial charge in [0.1, 0.15) is 5.69 Å². The largest absolute Gasteiger partial charge is 0.418 e. The van der Waals surface area contributed by atoms with Crippen LogP contribution in [0.25, 0.3) is 0 Å². The average molecular weight is 274 g/mol. The van der Waals surface area contributed by atoms with Crippen molar-refractivity contribution in [1.82, 2.24) is 0 Å². The minimum atomic E-state index is -4.58. The van der Waals surface area contributed by atoms with E-state index in [9.17, 15) is 18.1 Å². The first kappa shape index (κ1) is 15.5. The smallest absolute Gasteiger partial charge is 0.382 e. The van der Waals surface area contributed by atoms with Gasteiger partial charge in [0.05, 0.1) is 5.56 Å².